The lowest BCUT2D eigenvalue weighted by Gasteiger charge is -2.20. The van der Waals surface area contributed by atoms with Gasteiger partial charge in [0, 0.05) is 44.1 Å². The van der Waals surface area contributed by atoms with Crippen LogP contribution in [0.4, 0.5) is 0 Å². The lowest BCUT2D eigenvalue weighted by Crippen LogP contribution is -2.30. The maximum absolute atomic E-state index is 12.8. The molecule has 4 rings (SSSR count). The van der Waals surface area contributed by atoms with Gasteiger partial charge in [0.2, 0.25) is 10.0 Å². The summed E-state index contributed by atoms with van der Waals surface area (Å²) in [7, 11) is -3.43. The van der Waals surface area contributed by atoms with Gasteiger partial charge in [0.05, 0.1) is 5.69 Å². The molecule has 0 spiro atoms. The maximum atomic E-state index is 12.8. The molecule has 0 radical (unpaired) electrons. The third kappa shape index (κ3) is 2.82. The second kappa shape index (κ2) is 6.22. The molecule has 126 valence electrons. The highest BCUT2D eigenvalue weighted by Crippen LogP contribution is 2.44. The van der Waals surface area contributed by atoms with Crippen molar-refractivity contribution in [1.82, 2.24) is 19.3 Å². The van der Waals surface area contributed by atoms with Crippen LogP contribution in [0.15, 0.2) is 48.0 Å². The van der Waals surface area contributed by atoms with Crippen LogP contribution in [0.2, 0.25) is 0 Å². The van der Waals surface area contributed by atoms with E-state index < -0.39 is 10.0 Å². The van der Waals surface area contributed by atoms with Gasteiger partial charge in [-0.2, -0.15) is 4.31 Å². The minimum atomic E-state index is -3.43. The van der Waals surface area contributed by atoms with Crippen LogP contribution in [0.25, 0.3) is 0 Å². The number of hydrogen-bond donors (Lipinski definition) is 0. The van der Waals surface area contributed by atoms with Crippen LogP contribution in [-0.4, -0.2) is 40.8 Å². The van der Waals surface area contributed by atoms with Crippen molar-refractivity contribution in [3.63, 3.8) is 0 Å². The van der Waals surface area contributed by atoms with Gasteiger partial charge in [-0.05, 0) is 49.1 Å². The van der Waals surface area contributed by atoms with Gasteiger partial charge in [-0.25, -0.2) is 8.42 Å². The van der Waals surface area contributed by atoms with Crippen molar-refractivity contribution in [3.05, 3.63) is 48.8 Å². The van der Waals surface area contributed by atoms with Crippen molar-refractivity contribution in [3.8, 4) is 0 Å². The molecule has 0 aromatic carbocycles. The van der Waals surface area contributed by atoms with Crippen molar-refractivity contribution in [1.29, 1.82) is 0 Å². The molecule has 3 heterocycles. The fourth-order valence-electron chi connectivity index (χ4n) is 4.14. The predicted molar refractivity (Wildman–Crippen MR) is 88.4 cm³/mol. The molecule has 7 heteroatoms. The largest absolute Gasteiger partial charge is 0.263 e. The van der Waals surface area contributed by atoms with Gasteiger partial charge < -0.3 is 0 Å². The molecule has 1 saturated carbocycles. The summed E-state index contributed by atoms with van der Waals surface area (Å²) in [6, 6.07) is 3.29. The molecule has 1 aliphatic heterocycles. The number of sulfonamides is 1. The summed E-state index contributed by atoms with van der Waals surface area (Å²) in [5.74, 6) is 1.36. The first-order chi connectivity index (χ1) is 11.6. The zero-order valence-corrected chi connectivity index (χ0v) is 14.1. The van der Waals surface area contributed by atoms with E-state index in [-0.39, 0.29) is 4.90 Å². The standard InChI is InChI=1S/C17H20N4O2S/c22-24(23,16-2-1-5-18-10-16)21-11-14-4-3-13(17(14)12-21)8-15-9-19-6-7-20-15/h1-2,5-7,9-10,13-14,17H,3-4,8,11-12H2/t13-,14-,17-/m1/s1. The molecule has 24 heavy (non-hydrogen) atoms. The molecule has 1 aliphatic carbocycles. The summed E-state index contributed by atoms with van der Waals surface area (Å²) < 4.78 is 27.2. The highest BCUT2D eigenvalue weighted by atomic mass is 32.2. The normalized spacial score (nSPS) is 27.2. The Morgan fingerprint density at radius 3 is 2.71 bits per heavy atom. The summed E-state index contributed by atoms with van der Waals surface area (Å²) in [6.07, 6.45) is 11.4. The Bertz CT molecular complexity index is 798. The first-order valence-corrected chi connectivity index (χ1v) is 9.73. The van der Waals surface area contributed by atoms with E-state index >= 15 is 0 Å². The molecule has 6 nitrogen and oxygen atoms in total. The van der Waals surface area contributed by atoms with Gasteiger partial charge in [0.15, 0.2) is 0 Å². The number of aromatic nitrogens is 3. The molecule has 3 atom stereocenters. The molecule has 0 N–H and O–H groups in total. The lowest BCUT2D eigenvalue weighted by atomic mass is 9.89. The number of hydrogen-bond acceptors (Lipinski definition) is 5. The van der Waals surface area contributed by atoms with Gasteiger partial charge in [0.25, 0.3) is 0 Å². The average Bonchev–Trinajstić information content (AvgIpc) is 3.19. The molecular formula is C17H20N4O2S. The van der Waals surface area contributed by atoms with Gasteiger partial charge >= 0.3 is 0 Å². The van der Waals surface area contributed by atoms with E-state index in [9.17, 15) is 8.42 Å². The minimum Gasteiger partial charge on any atom is -0.263 e. The first kappa shape index (κ1) is 15.7. The van der Waals surface area contributed by atoms with Crippen molar-refractivity contribution in [2.75, 3.05) is 13.1 Å². The quantitative estimate of drug-likeness (QED) is 0.845. The lowest BCUT2D eigenvalue weighted by molar-refractivity contribution is 0.356. The van der Waals surface area contributed by atoms with Gasteiger partial charge in [0.1, 0.15) is 4.90 Å². The zero-order chi connectivity index (χ0) is 16.6. The summed E-state index contributed by atoms with van der Waals surface area (Å²) in [5, 5.41) is 0. The molecule has 2 fully saturated rings. The predicted octanol–water partition coefficient (Wildman–Crippen LogP) is 1.76. The summed E-state index contributed by atoms with van der Waals surface area (Å²) in [6.45, 7) is 1.23. The Balaban J connectivity index is 1.50. The summed E-state index contributed by atoms with van der Waals surface area (Å²) in [5.41, 5.74) is 0.997. The van der Waals surface area contributed by atoms with Crippen LogP contribution >= 0.6 is 0 Å². The highest BCUT2D eigenvalue weighted by Gasteiger charge is 2.46. The van der Waals surface area contributed by atoms with E-state index in [2.05, 4.69) is 15.0 Å². The molecule has 1 saturated heterocycles. The third-order valence-electron chi connectivity index (χ3n) is 5.33. The van der Waals surface area contributed by atoms with E-state index in [1.165, 1.54) is 6.20 Å². The van der Waals surface area contributed by atoms with E-state index in [1.54, 1.807) is 35.0 Å². The van der Waals surface area contributed by atoms with Crippen LogP contribution in [-0.2, 0) is 16.4 Å². The topological polar surface area (TPSA) is 76.1 Å². The van der Waals surface area contributed by atoms with Crippen LogP contribution < -0.4 is 0 Å². The monoisotopic (exact) mass is 344 g/mol. The molecule has 0 amide bonds. The van der Waals surface area contributed by atoms with Gasteiger partial charge in [-0.3, -0.25) is 15.0 Å². The molecule has 0 bridgehead atoms. The van der Waals surface area contributed by atoms with Crippen LogP contribution in [0, 0.1) is 17.8 Å². The Hall–Kier alpha value is -1.86. The van der Waals surface area contributed by atoms with Crippen LogP contribution in [0.5, 0.6) is 0 Å². The SMILES string of the molecule is O=S(=O)(c1cccnc1)N1C[C@H]2CC[C@H](Cc3cnccn3)[C@H]2C1. The summed E-state index contributed by atoms with van der Waals surface area (Å²) >= 11 is 0. The number of pyridine rings is 1. The molecular weight excluding hydrogens is 324 g/mol. The maximum Gasteiger partial charge on any atom is 0.244 e. The fraction of sp³-hybridized carbons (Fsp3) is 0.471. The average molecular weight is 344 g/mol. The third-order valence-corrected chi connectivity index (χ3v) is 7.15. The Labute approximate surface area is 142 Å². The number of fused-ring (bicyclic) bond motifs is 1. The van der Waals surface area contributed by atoms with Crippen molar-refractivity contribution in [2.45, 2.75) is 24.2 Å². The van der Waals surface area contributed by atoms with E-state index in [0.29, 0.717) is 30.8 Å². The Kier molecular flexibility index (Phi) is 4.05. The van der Waals surface area contributed by atoms with Gasteiger partial charge in [-0.15, -0.1) is 0 Å². The first-order valence-electron chi connectivity index (χ1n) is 8.29. The van der Waals surface area contributed by atoms with Crippen molar-refractivity contribution >= 4 is 10.0 Å². The Morgan fingerprint density at radius 2 is 1.96 bits per heavy atom. The van der Waals surface area contributed by atoms with Gasteiger partial charge in [-0.1, -0.05) is 0 Å². The Morgan fingerprint density at radius 1 is 1.08 bits per heavy atom. The summed E-state index contributed by atoms with van der Waals surface area (Å²) in [4.78, 5) is 12.7. The second-order valence-electron chi connectivity index (χ2n) is 6.67. The number of nitrogens with zero attached hydrogens (tertiary/aromatic N) is 4. The number of rotatable bonds is 4. The smallest absolute Gasteiger partial charge is 0.244 e. The minimum absolute atomic E-state index is 0.287. The molecule has 2 aromatic rings. The molecule has 2 aliphatic rings. The molecule has 2 aromatic heterocycles. The van der Waals surface area contributed by atoms with E-state index in [4.69, 9.17) is 0 Å². The van der Waals surface area contributed by atoms with E-state index in [1.807, 2.05) is 6.20 Å². The fourth-order valence-corrected chi connectivity index (χ4v) is 5.64. The van der Waals surface area contributed by atoms with Crippen LogP contribution in [0.1, 0.15) is 18.5 Å². The van der Waals surface area contributed by atoms with Crippen molar-refractivity contribution in [2.24, 2.45) is 17.8 Å². The zero-order valence-electron chi connectivity index (χ0n) is 13.3. The highest BCUT2D eigenvalue weighted by molar-refractivity contribution is 7.89. The van der Waals surface area contributed by atoms with Crippen LogP contribution in [0.3, 0.4) is 0 Å². The molecule has 0 unspecified atom stereocenters. The van der Waals surface area contributed by atoms with Crippen molar-refractivity contribution < 1.29 is 8.42 Å². The second-order valence-corrected chi connectivity index (χ2v) is 8.61. The van der Waals surface area contributed by atoms with E-state index in [0.717, 1.165) is 25.0 Å².